The number of thiazole rings is 1. The van der Waals surface area contributed by atoms with Crippen molar-refractivity contribution >= 4 is 33.3 Å². The number of ether oxygens (including phenoxy) is 1. The predicted octanol–water partition coefficient (Wildman–Crippen LogP) is 3.13. The van der Waals surface area contributed by atoms with Crippen molar-refractivity contribution in [2.24, 2.45) is 5.92 Å². The molecule has 3 heterocycles. The molecule has 2 fully saturated rings. The van der Waals surface area contributed by atoms with Crippen molar-refractivity contribution in [2.45, 2.75) is 25.0 Å². The average molecular weight is 416 g/mol. The summed E-state index contributed by atoms with van der Waals surface area (Å²) in [7, 11) is 0. The van der Waals surface area contributed by atoms with Gasteiger partial charge in [0.1, 0.15) is 34.8 Å². The van der Waals surface area contributed by atoms with Gasteiger partial charge in [0.2, 0.25) is 5.91 Å². The average Bonchev–Trinajstić information content (AvgIpc) is 3.09. The third-order valence-corrected chi connectivity index (χ3v) is 6.17. The molecule has 0 bridgehead atoms. The topological polar surface area (TPSA) is 67.4 Å². The molecule has 9 heteroatoms. The Morgan fingerprint density at radius 1 is 1.17 bits per heavy atom. The number of pyridine rings is 1. The summed E-state index contributed by atoms with van der Waals surface area (Å²) >= 11 is 1.37. The molecule has 1 saturated heterocycles. The van der Waals surface area contributed by atoms with Crippen LogP contribution in [0, 0.1) is 17.6 Å². The highest BCUT2D eigenvalue weighted by Gasteiger charge is 2.39. The van der Waals surface area contributed by atoms with Crippen LogP contribution in [0.4, 0.5) is 14.6 Å². The lowest BCUT2D eigenvalue weighted by molar-refractivity contribution is -0.131. The van der Waals surface area contributed by atoms with Gasteiger partial charge in [-0.05, 0) is 31.0 Å². The second-order valence-corrected chi connectivity index (χ2v) is 8.34. The first-order chi connectivity index (χ1) is 14.0. The van der Waals surface area contributed by atoms with Crippen molar-refractivity contribution in [3.05, 3.63) is 47.6 Å². The highest BCUT2D eigenvalue weighted by atomic mass is 32.1. The van der Waals surface area contributed by atoms with E-state index >= 15 is 0 Å². The Morgan fingerprint density at radius 3 is 2.76 bits per heavy atom. The van der Waals surface area contributed by atoms with Crippen molar-refractivity contribution < 1.29 is 18.3 Å². The number of anilines is 1. The lowest BCUT2D eigenvalue weighted by Gasteiger charge is -2.42. The van der Waals surface area contributed by atoms with E-state index in [1.54, 1.807) is 11.6 Å². The van der Waals surface area contributed by atoms with Crippen molar-refractivity contribution in [1.82, 2.24) is 15.3 Å². The van der Waals surface area contributed by atoms with Gasteiger partial charge >= 0.3 is 0 Å². The standard InChI is InChI=1S/C20H18F2N4O2S/c21-12-1-2-18(23-7-12)26-8-14(9-26)25-20(27)11-3-15(4-11)28-16-5-13(22)6-17-19(16)24-10-29-17/h1-2,5-7,10-11,14-15H,3-4,8-9H2,(H,25,27). The molecule has 150 valence electrons. The van der Waals surface area contributed by atoms with Crippen LogP contribution in [0.25, 0.3) is 10.2 Å². The van der Waals surface area contributed by atoms with E-state index < -0.39 is 0 Å². The summed E-state index contributed by atoms with van der Waals surface area (Å²) in [6.45, 7) is 1.31. The molecule has 2 aromatic heterocycles. The normalized spacial score (nSPS) is 21.5. The lowest BCUT2D eigenvalue weighted by atomic mass is 9.81. The molecule has 1 aromatic carbocycles. The third kappa shape index (κ3) is 3.62. The summed E-state index contributed by atoms with van der Waals surface area (Å²) in [4.78, 5) is 22.7. The summed E-state index contributed by atoms with van der Waals surface area (Å²) in [5, 5.41) is 3.04. The molecule has 0 unspecified atom stereocenters. The number of aromatic nitrogens is 2. The zero-order valence-electron chi connectivity index (χ0n) is 15.3. The molecular weight excluding hydrogens is 398 g/mol. The van der Waals surface area contributed by atoms with Gasteiger partial charge in [0, 0.05) is 25.1 Å². The monoisotopic (exact) mass is 416 g/mol. The minimum absolute atomic E-state index is 0.0135. The van der Waals surface area contributed by atoms with Crippen LogP contribution in [0.3, 0.4) is 0 Å². The van der Waals surface area contributed by atoms with E-state index in [1.165, 1.54) is 35.7 Å². The molecular formula is C20H18F2N4O2S. The molecule has 1 amide bonds. The number of rotatable bonds is 5. The van der Waals surface area contributed by atoms with E-state index in [0.29, 0.717) is 43.0 Å². The molecule has 29 heavy (non-hydrogen) atoms. The molecule has 0 atom stereocenters. The van der Waals surface area contributed by atoms with Gasteiger partial charge in [-0.1, -0.05) is 0 Å². The van der Waals surface area contributed by atoms with Crippen LogP contribution in [-0.4, -0.2) is 41.1 Å². The number of hydrogen-bond acceptors (Lipinski definition) is 6. The fraction of sp³-hybridized carbons (Fsp3) is 0.350. The minimum atomic E-state index is -0.366. The van der Waals surface area contributed by atoms with Crippen molar-refractivity contribution in [3.63, 3.8) is 0 Å². The van der Waals surface area contributed by atoms with Gasteiger partial charge < -0.3 is 15.0 Å². The summed E-state index contributed by atoms with van der Waals surface area (Å²) in [6, 6.07) is 5.86. The SMILES string of the molecule is O=C(NC1CN(c2ccc(F)cn2)C1)C1CC(Oc2cc(F)cc3scnc23)C1. The second kappa shape index (κ2) is 7.22. The smallest absolute Gasteiger partial charge is 0.223 e. The maximum absolute atomic E-state index is 13.7. The fourth-order valence-electron chi connectivity index (χ4n) is 3.68. The van der Waals surface area contributed by atoms with Gasteiger partial charge in [-0.3, -0.25) is 4.79 Å². The molecule has 1 N–H and O–H groups in total. The number of halogens is 2. The van der Waals surface area contributed by atoms with E-state index in [1.807, 2.05) is 4.90 Å². The molecule has 0 radical (unpaired) electrons. The number of amides is 1. The zero-order valence-corrected chi connectivity index (χ0v) is 16.2. The third-order valence-electron chi connectivity index (χ3n) is 5.39. The lowest BCUT2D eigenvalue weighted by Crippen LogP contribution is -2.61. The Labute approximate surface area is 169 Å². The van der Waals surface area contributed by atoms with Crippen LogP contribution >= 0.6 is 11.3 Å². The van der Waals surface area contributed by atoms with Gasteiger partial charge in [-0.25, -0.2) is 18.7 Å². The summed E-state index contributed by atoms with van der Waals surface area (Å²) in [6.07, 6.45) is 2.28. The van der Waals surface area contributed by atoms with Gasteiger partial charge in [0.05, 0.1) is 22.4 Å². The van der Waals surface area contributed by atoms with Gasteiger partial charge in [0.25, 0.3) is 0 Å². The number of benzene rings is 1. The number of nitrogens with one attached hydrogen (secondary N) is 1. The molecule has 3 aromatic rings. The Kier molecular flexibility index (Phi) is 4.54. The van der Waals surface area contributed by atoms with Crippen molar-refractivity contribution in [1.29, 1.82) is 0 Å². The van der Waals surface area contributed by atoms with Gasteiger partial charge in [-0.15, -0.1) is 11.3 Å². The highest BCUT2D eigenvalue weighted by molar-refractivity contribution is 7.16. The first-order valence-corrected chi connectivity index (χ1v) is 10.3. The first kappa shape index (κ1) is 18.2. The molecule has 2 aliphatic rings. The summed E-state index contributed by atoms with van der Waals surface area (Å²) < 4.78 is 33.3. The Hall–Kier alpha value is -2.81. The number of carbonyl (C=O) groups is 1. The molecule has 1 aliphatic carbocycles. The van der Waals surface area contributed by atoms with E-state index in [4.69, 9.17) is 4.74 Å². The van der Waals surface area contributed by atoms with E-state index in [-0.39, 0.29) is 35.6 Å². The predicted molar refractivity (Wildman–Crippen MR) is 105 cm³/mol. The zero-order chi connectivity index (χ0) is 20.0. The van der Waals surface area contributed by atoms with Gasteiger partial charge in [-0.2, -0.15) is 0 Å². The van der Waals surface area contributed by atoms with Crippen LogP contribution in [0.5, 0.6) is 5.75 Å². The fourth-order valence-corrected chi connectivity index (χ4v) is 4.40. The van der Waals surface area contributed by atoms with Crippen molar-refractivity contribution in [3.8, 4) is 5.75 Å². The Balaban J connectivity index is 1.10. The molecule has 5 rings (SSSR count). The largest absolute Gasteiger partial charge is 0.488 e. The first-order valence-electron chi connectivity index (χ1n) is 9.41. The summed E-state index contributed by atoms with van der Waals surface area (Å²) in [5.74, 6) is 0.339. The number of nitrogens with zero attached hydrogens (tertiary/aromatic N) is 3. The van der Waals surface area contributed by atoms with Crippen molar-refractivity contribution in [2.75, 3.05) is 18.0 Å². The number of hydrogen-bond donors (Lipinski definition) is 1. The second-order valence-electron chi connectivity index (χ2n) is 7.46. The number of fused-ring (bicyclic) bond motifs is 1. The van der Waals surface area contributed by atoms with Gasteiger partial charge in [0.15, 0.2) is 0 Å². The highest BCUT2D eigenvalue weighted by Crippen LogP contribution is 2.35. The van der Waals surface area contributed by atoms with Crippen LogP contribution in [0.1, 0.15) is 12.8 Å². The van der Waals surface area contributed by atoms with E-state index in [9.17, 15) is 13.6 Å². The minimum Gasteiger partial charge on any atom is -0.488 e. The van der Waals surface area contributed by atoms with Crippen LogP contribution in [0.2, 0.25) is 0 Å². The van der Waals surface area contributed by atoms with E-state index in [2.05, 4.69) is 15.3 Å². The Morgan fingerprint density at radius 2 is 2.00 bits per heavy atom. The quantitative estimate of drug-likeness (QED) is 0.692. The Bertz CT molecular complexity index is 1050. The van der Waals surface area contributed by atoms with Crippen LogP contribution < -0.4 is 15.0 Å². The van der Waals surface area contributed by atoms with E-state index in [0.717, 1.165) is 4.70 Å². The maximum atomic E-state index is 13.7. The molecule has 0 spiro atoms. The summed E-state index contributed by atoms with van der Waals surface area (Å²) in [5.41, 5.74) is 2.32. The van der Waals surface area contributed by atoms with Crippen LogP contribution in [-0.2, 0) is 4.79 Å². The molecule has 1 saturated carbocycles. The maximum Gasteiger partial charge on any atom is 0.223 e. The molecule has 6 nitrogen and oxygen atoms in total. The molecule has 1 aliphatic heterocycles. The number of carbonyl (C=O) groups excluding carboxylic acids is 1. The van der Waals surface area contributed by atoms with Crippen LogP contribution in [0.15, 0.2) is 36.0 Å².